The molecule has 9 heteroatoms. The summed E-state index contributed by atoms with van der Waals surface area (Å²) in [6.45, 7) is 0. The van der Waals surface area contributed by atoms with Gasteiger partial charge in [-0.05, 0) is 54.4 Å². The van der Waals surface area contributed by atoms with Crippen LogP contribution < -0.4 is 11.5 Å². The lowest BCUT2D eigenvalue weighted by Crippen LogP contribution is -2.27. The summed E-state index contributed by atoms with van der Waals surface area (Å²) in [7, 11) is 0. The van der Waals surface area contributed by atoms with E-state index in [0.717, 1.165) is 42.8 Å². The number of aromatic nitrogens is 4. The summed E-state index contributed by atoms with van der Waals surface area (Å²) in [5, 5.41) is 1.43. The summed E-state index contributed by atoms with van der Waals surface area (Å²) in [5.74, 6) is -0.862. The molecule has 2 saturated carbocycles. The number of aldehydes is 2. The number of nitrogens with zero attached hydrogens (tertiary/aromatic N) is 4. The number of carbonyl (C=O) groups excluding carboxylic acids is 2. The van der Waals surface area contributed by atoms with Crippen molar-refractivity contribution in [3.63, 3.8) is 0 Å². The maximum atomic E-state index is 13.7. The van der Waals surface area contributed by atoms with Crippen molar-refractivity contribution in [2.45, 2.75) is 25.3 Å². The van der Waals surface area contributed by atoms with Crippen LogP contribution in [0.2, 0.25) is 0 Å². The standard InChI is InChI=1S/C25H23FN6O2/c26-19-8-14-2-1-13(7-20(14)31-23(19)28)3-5-25-9-17(25)21(16(10-33)18(25)11-34)32-6-4-15-22(27)29-12-30-24(15)32/h1-2,4,6-8,10-12,16-18,21H,3,5,9H2,(H2,28,31)(H2,27,29,30)/t16-,17+,18+,21-,25+/m0/s1. The van der Waals surface area contributed by atoms with Crippen LogP contribution in [0, 0.1) is 29.0 Å². The third-order valence-corrected chi connectivity index (χ3v) is 7.97. The number of aryl methyl sites for hydroxylation is 1. The van der Waals surface area contributed by atoms with E-state index in [-0.39, 0.29) is 29.1 Å². The van der Waals surface area contributed by atoms with Crippen LogP contribution >= 0.6 is 0 Å². The van der Waals surface area contributed by atoms with Crippen LogP contribution in [0.5, 0.6) is 0 Å². The van der Waals surface area contributed by atoms with Gasteiger partial charge in [0.05, 0.1) is 10.9 Å². The summed E-state index contributed by atoms with van der Waals surface area (Å²) >= 11 is 0. The lowest BCUT2D eigenvalue weighted by molar-refractivity contribution is -0.121. The quantitative estimate of drug-likeness (QED) is 0.425. The predicted molar refractivity (Wildman–Crippen MR) is 125 cm³/mol. The molecule has 0 radical (unpaired) electrons. The van der Waals surface area contributed by atoms with Gasteiger partial charge >= 0.3 is 0 Å². The summed E-state index contributed by atoms with van der Waals surface area (Å²) in [6.07, 6.45) is 7.55. The largest absolute Gasteiger partial charge is 0.383 e. The first kappa shape index (κ1) is 20.7. The van der Waals surface area contributed by atoms with Gasteiger partial charge in [0.2, 0.25) is 0 Å². The molecule has 5 atom stereocenters. The van der Waals surface area contributed by atoms with Gasteiger partial charge in [0.25, 0.3) is 0 Å². The number of anilines is 2. The molecule has 0 saturated heterocycles. The number of fused-ring (bicyclic) bond motifs is 3. The van der Waals surface area contributed by atoms with Crippen LogP contribution in [0.15, 0.2) is 42.9 Å². The van der Waals surface area contributed by atoms with Crippen LogP contribution in [0.3, 0.4) is 0 Å². The zero-order valence-electron chi connectivity index (χ0n) is 18.3. The van der Waals surface area contributed by atoms with Gasteiger partial charge in [-0.3, -0.25) is 0 Å². The summed E-state index contributed by atoms with van der Waals surface area (Å²) < 4.78 is 15.7. The fourth-order valence-electron chi connectivity index (χ4n) is 6.25. The highest BCUT2D eigenvalue weighted by molar-refractivity contribution is 5.86. The van der Waals surface area contributed by atoms with Crippen LogP contribution in [-0.2, 0) is 16.0 Å². The van der Waals surface area contributed by atoms with E-state index in [1.165, 1.54) is 12.4 Å². The number of hydrogen-bond donors (Lipinski definition) is 2. The van der Waals surface area contributed by atoms with Crippen molar-refractivity contribution in [3.05, 3.63) is 54.2 Å². The molecule has 2 aliphatic rings. The molecule has 1 aromatic carbocycles. The number of nitrogen functional groups attached to an aromatic ring is 2. The van der Waals surface area contributed by atoms with E-state index >= 15 is 0 Å². The molecule has 2 aliphatic carbocycles. The third kappa shape index (κ3) is 2.85. The Balaban J connectivity index is 1.31. The first-order valence-electron chi connectivity index (χ1n) is 11.3. The van der Waals surface area contributed by atoms with Crippen molar-refractivity contribution in [1.29, 1.82) is 0 Å². The lowest BCUT2D eigenvalue weighted by atomic mass is 9.81. The molecule has 6 rings (SSSR count). The van der Waals surface area contributed by atoms with Crippen molar-refractivity contribution in [3.8, 4) is 0 Å². The molecule has 8 nitrogen and oxygen atoms in total. The molecule has 0 aliphatic heterocycles. The molecule has 172 valence electrons. The van der Waals surface area contributed by atoms with Gasteiger partial charge in [0.1, 0.15) is 30.4 Å². The maximum Gasteiger partial charge on any atom is 0.165 e. The highest BCUT2D eigenvalue weighted by atomic mass is 19.1. The highest BCUT2D eigenvalue weighted by Gasteiger charge is 2.70. The fourth-order valence-corrected chi connectivity index (χ4v) is 6.25. The van der Waals surface area contributed by atoms with Crippen LogP contribution in [0.4, 0.5) is 16.0 Å². The summed E-state index contributed by atoms with van der Waals surface area (Å²) in [5.41, 5.74) is 13.8. The van der Waals surface area contributed by atoms with E-state index in [0.29, 0.717) is 22.4 Å². The number of carbonyl (C=O) groups is 2. The summed E-state index contributed by atoms with van der Waals surface area (Å²) in [6, 6.07) is 8.79. The molecule has 3 aromatic heterocycles. The number of halogens is 1. The van der Waals surface area contributed by atoms with Gasteiger partial charge in [-0.25, -0.2) is 19.3 Å². The Hall–Kier alpha value is -3.88. The van der Waals surface area contributed by atoms with E-state index in [4.69, 9.17) is 11.5 Å². The Morgan fingerprint density at radius 3 is 2.76 bits per heavy atom. The topological polar surface area (TPSA) is 130 Å². The Morgan fingerprint density at radius 2 is 1.97 bits per heavy atom. The second-order valence-electron chi connectivity index (χ2n) is 9.51. The normalized spacial score (nSPS) is 27.7. The fraction of sp³-hybridized carbons (Fsp3) is 0.320. The molecule has 0 bridgehead atoms. The van der Waals surface area contributed by atoms with E-state index in [1.807, 2.05) is 35.0 Å². The van der Waals surface area contributed by atoms with Gasteiger partial charge in [0, 0.05) is 29.5 Å². The smallest absolute Gasteiger partial charge is 0.165 e. The molecule has 4 N–H and O–H groups in total. The van der Waals surface area contributed by atoms with Crippen LogP contribution in [0.25, 0.3) is 21.9 Å². The molecule has 34 heavy (non-hydrogen) atoms. The Labute approximate surface area is 194 Å². The summed E-state index contributed by atoms with van der Waals surface area (Å²) in [4.78, 5) is 37.0. The first-order valence-corrected chi connectivity index (χ1v) is 11.3. The molecule has 0 unspecified atom stereocenters. The van der Waals surface area contributed by atoms with E-state index in [1.54, 1.807) is 0 Å². The van der Waals surface area contributed by atoms with Gasteiger partial charge in [-0.2, -0.15) is 0 Å². The molecular formula is C25H23FN6O2. The minimum absolute atomic E-state index is 0.123. The van der Waals surface area contributed by atoms with Crippen molar-refractivity contribution < 1.29 is 14.0 Å². The minimum Gasteiger partial charge on any atom is -0.383 e. The molecule has 4 aromatic rings. The number of benzene rings is 1. The average Bonchev–Trinajstić information content (AvgIpc) is 3.26. The minimum atomic E-state index is -0.532. The van der Waals surface area contributed by atoms with E-state index < -0.39 is 11.7 Å². The van der Waals surface area contributed by atoms with Crippen molar-refractivity contribution in [1.82, 2.24) is 19.5 Å². The first-order chi connectivity index (χ1) is 16.5. The molecule has 0 spiro atoms. The van der Waals surface area contributed by atoms with Gasteiger partial charge in [-0.1, -0.05) is 12.1 Å². The Morgan fingerprint density at radius 1 is 1.12 bits per heavy atom. The number of nitrogens with two attached hydrogens (primary N) is 2. The van der Waals surface area contributed by atoms with Crippen molar-refractivity contribution in [2.24, 2.45) is 23.2 Å². The SMILES string of the molecule is Nc1nc2cc(CC[C@@]34C[C@@H]3[C@@H](n3ccc5c(N)ncnc53)[C@@H](C=O)[C@H]4C=O)ccc2cc1F. The maximum absolute atomic E-state index is 13.7. The zero-order chi connectivity index (χ0) is 23.6. The van der Waals surface area contributed by atoms with E-state index in [2.05, 4.69) is 15.0 Å². The lowest BCUT2D eigenvalue weighted by Gasteiger charge is -2.24. The molecule has 3 heterocycles. The van der Waals surface area contributed by atoms with Gasteiger partial charge in [0.15, 0.2) is 11.6 Å². The number of rotatable bonds is 6. The van der Waals surface area contributed by atoms with E-state index in [9.17, 15) is 14.0 Å². The Kier molecular flexibility index (Phi) is 4.45. The second kappa shape index (κ2) is 7.31. The van der Waals surface area contributed by atoms with Crippen LogP contribution in [-0.4, -0.2) is 32.1 Å². The van der Waals surface area contributed by atoms with Crippen LogP contribution in [0.1, 0.15) is 24.4 Å². The monoisotopic (exact) mass is 458 g/mol. The van der Waals surface area contributed by atoms with Crippen molar-refractivity contribution >= 4 is 46.1 Å². The van der Waals surface area contributed by atoms with Crippen molar-refractivity contribution in [2.75, 3.05) is 11.5 Å². The molecule has 2 fully saturated rings. The second-order valence-corrected chi connectivity index (χ2v) is 9.51. The molecular weight excluding hydrogens is 435 g/mol. The Bertz CT molecular complexity index is 1470. The zero-order valence-corrected chi connectivity index (χ0v) is 18.3. The average molecular weight is 458 g/mol. The highest BCUT2D eigenvalue weighted by Crippen LogP contribution is 2.73. The van der Waals surface area contributed by atoms with Gasteiger partial charge < -0.3 is 25.6 Å². The molecule has 0 amide bonds. The number of pyridine rings is 1. The third-order valence-electron chi connectivity index (χ3n) is 7.97. The predicted octanol–water partition coefficient (Wildman–Crippen LogP) is 3.11. The number of hydrogen-bond acceptors (Lipinski definition) is 7. The van der Waals surface area contributed by atoms with Gasteiger partial charge in [-0.15, -0.1) is 0 Å².